The van der Waals surface area contributed by atoms with E-state index in [-0.39, 0.29) is 11.9 Å². The van der Waals surface area contributed by atoms with Gasteiger partial charge in [0.15, 0.2) is 11.5 Å². The molecule has 0 saturated carbocycles. The van der Waals surface area contributed by atoms with Crippen LogP contribution in [-0.2, 0) is 0 Å². The Morgan fingerprint density at radius 3 is 1.96 bits per heavy atom. The second-order valence-corrected chi connectivity index (χ2v) is 5.26. The van der Waals surface area contributed by atoms with Crippen molar-refractivity contribution in [3.8, 4) is 17.2 Å². The van der Waals surface area contributed by atoms with E-state index < -0.39 is 0 Å². The average Bonchev–Trinajstić information content (AvgIpc) is 2.50. The second kappa shape index (κ2) is 9.98. The van der Waals surface area contributed by atoms with Gasteiger partial charge < -0.3 is 19.5 Å². The molecule has 130 valence electrons. The van der Waals surface area contributed by atoms with Gasteiger partial charge in [0.05, 0.1) is 19.8 Å². The van der Waals surface area contributed by atoms with Crippen LogP contribution in [0.1, 0.15) is 57.8 Å². The van der Waals surface area contributed by atoms with Crippen molar-refractivity contribution < 1.29 is 19.0 Å². The Labute approximate surface area is 139 Å². The van der Waals surface area contributed by atoms with E-state index in [9.17, 15) is 4.79 Å². The lowest BCUT2D eigenvalue weighted by Gasteiger charge is -2.18. The fourth-order valence-electron chi connectivity index (χ4n) is 2.33. The number of amides is 1. The molecule has 1 atom stereocenters. The van der Waals surface area contributed by atoms with Crippen LogP contribution >= 0.6 is 0 Å². The molecule has 1 amide bonds. The maximum Gasteiger partial charge on any atom is 0.251 e. The summed E-state index contributed by atoms with van der Waals surface area (Å²) < 4.78 is 16.9. The monoisotopic (exact) mass is 323 g/mol. The van der Waals surface area contributed by atoms with Crippen molar-refractivity contribution in [1.82, 2.24) is 5.32 Å². The normalized spacial score (nSPS) is 11.7. The first kappa shape index (κ1) is 19.1. The molecule has 0 aliphatic heterocycles. The highest BCUT2D eigenvalue weighted by molar-refractivity contribution is 5.95. The highest BCUT2D eigenvalue weighted by Crippen LogP contribution is 2.39. The predicted octanol–water partition coefficient (Wildman–Crippen LogP) is 3.80. The van der Waals surface area contributed by atoms with Crippen LogP contribution in [0.3, 0.4) is 0 Å². The molecule has 1 rings (SSSR count). The summed E-state index contributed by atoms with van der Waals surface area (Å²) in [6.07, 6.45) is 1.97. The summed E-state index contributed by atoms with van der Waals surface area (Å²) in [6.45, 7) is 11.3. The lowest BCUT2D eigenvalue weighted by Crippen LogP contribution is -2.32. The van der Waals surface area contributed by atoms with E-state index in [4.69, 9.17) is 14.2 Å². The van der Waals surface area contributed by atoms with Crippen LogP contribution in [0.5, 0.6) is 17.2 Å². The molecule has 1 N–H and O–H groups in total. The third-order valence-electron chi connectivity index (χ3n) is 3.27. The maximum atomic E-state index is 12.4. The van der Waals surface area contributed by atoms with E-state index in [0.29, 0.717) is 42.6 Å². The molecule has 5 nitrogen and oxygen atoms in total. The Bertz CT molecular complexity index is 475. The van der Waals surface area contributed by atoms with Gasteiger partial charge >= 0.3 is 0 Å². The molecule has 1 aromatic rings. The van der Waals surface area contributed by atoms with Gasteiger partial charge in [-0.3, -0.25) is 4.79 Å². The van der Waals surface area contributed by atoms with Crippen LogP contribution in [0.25, 0.3) is 0 Å². The Morgan fingerprint density at radius 2 is 1.52 bits per heavy atom. The minimum absolute atomic E-state index is 0.129. The number of nitrogens with one attached hydrogen (secondary N) is 1. The number of carbonyl (C=O) groups excluding carboxylic acids is 1. The van der Waals surface area contributed by atoms with Crippen LogP contribution < -0.4 is 19.5 Å². The molecule has 0 saturated heterocycles. The molecule has 0 aromatic heterocycles. The van der Waals surface area contributed by atoms with E-state index in [1.807, 2.05) is 27.7 Å². The molecule has 23 heavy (non-hydrogen) atoms. The molecule has 0 radical (unpaired) electrons. The first-order valence-electron chi connectivity index (χ1n) is 8.44. The van der Waals surface area contributed by atoms with Crippen molar-refractivity contribution in [3.63, 3.8) is 0 Å². The van der Waals surface area contributed by atoms with Crippen molar-refractivity contribution in [2.24, 2.45) is 0 Å². The van der Waals surface area contributed by atoms with Crippen molar-refractivity contribution >= 4 is 5.91 Å². The zero-order valence-corrected chi connectivity index (χ0v) is 14.9. The lowest BCUT2D eigenvalue weighted by molar-refractivity contribution is 0.0937. The largest absolute Gasteiger partial charge is 0.490 e. The van der Waals surface area contributed by atoms with E-state index in [0.717, 1.165) is 12.8 Å². The first-order chi connectivity index (χ1) is 11.1. The smallest absolute Gasteiger partial charge is 0.251 e. The van der Waals surface area contributed by atoms with Gasteiger partial charge in [-0.15, -0.1) is 0 Å². The van der Waals surface area contributed by atoms with Gasteiger partial charge in [-0.2, -0.15) is 0 Å². The Balaban J connectivity index is 3.14. The Kier molecular flexibility index (Phi) is 8.30. The second-order valence-electron chi connectivity index (χ2n) is 5.26. The van der Waals surface area contributed by atoms with Crippen LogP contribution in [0.4, 0.5) is 0 Å². The highest BCUT2D eigenvalue weighted by Gasteiger charge is 2.19. The van der Waals surface area contributed by atoms with Crippen LogP contribution in [0.15, 0.2) is 12.1 Å². The Hall–Kier alpha value is -1.91. The number of hydrogen-bond acceptors (Lipinski definition) is 4. The number of carbonyl (C=O) groups is 1. The third kappa shape index (κ3) is 5.66. The standard InChI is InChI=1S/C18H29NO4/c1-6-10-13(5)19-18(20)14-11-15(21-7-2)17(23-9-4)16(12-14)22-8-3/h11-13H,6-10H2,1-5H3,(H,19,20)/t13-/m1/s1. The van der Waals surface area contributed by atoms with Crippen LogP contribution in [0, 0.1) is 0 Å². The minimum atomic E-state index is -0.129. The van der Waals surface area contributed by atoms with Crippen molar-refractivity contribution in [1.29, 1.82) is 0 Å². The minimum Gasteiger partial charge on any atom is -0.490 e. The van der Waals surface area contributed by atoms with E-state index in [2.05, 4.69) is 12.2 Å². The van der Waals surface area contributed by atoms with Crippen molar-refractivity contribution in [2.75, 3.05) is 19.8 Å². The summed E-state index contributed by atoms with van der Waals surface area (Å²) in [5.74, 6) is 1.49. The summed E-state index contributed by atoms with van der Waals surface area (Å²) in [6, 6.07) is 3.56. The summed E-state index contributed by atoms with van der Waals surface area (Å²) in [4.78, 5) is 12.4. The molecule has 0 spiro atoms. The molecule has 1 aromatic carbocycles. The summed E-state index contributed by atoms with van der Waals surface area (Å²) in [7, 11) is 0. The van der Waals surface area contributed by atoms with Gasteiger partial charge in [0.1, 0.15) is 0 Å². The number of hydrogen-bond donors (Lipinski definition) is 1. The molecule has 0 bridgehead atoms. The molecular formula is C18H29NO4. The van der Waals surface area contributed by atoms with Crippen LogP contribution in [-0.4, -0.2) is 31.8 Å². The Morgan fingerprint density at radius 1 is 1.00 bits per heavy atom. The lowest BCUT2D eigenvalue weighted by atomic mass is 10.1. The summed E-state index contributed by atoms with van der Waals surface area (Å²) in [5, 5.41) is 3.00. The third-order valence-corrected chi connectivity index (χ3v) is 3.27. The summed E-state index contributed by atoms with van der Waals surface area (Å²) in [5.41, 5.74) is 0.517. The van der Waals surface area contributed by atoms with E-state index >= 15 is 0 Å². The molecule has 0 heterocycles. The average molecular weight is 323 g/mol. The SMILES string of the molecule is CCC[C@@H](C)NC(=O)c1cc(OCC)c(OCC)c(OCC)c1. The molecule has 0 fully saturated rings. The number of ether oxygens (including phenoxy) is 3. The fourth-order valence-corrected chi connectivity index (χ4v) is 2.33. The van der Waals surface area contributed by atoms with E-state index in [1.165, 1.54) is 0 Å². The van der Waals surface area contributed by atoms with Gasteiger partial charge in [0, 0.05) is 11.6 Å². The van der Waals surface area contributed by atoms with Gasteiger partial charge in [-0.25, -0.2) is 0 Å². The highest BCUT2D eigenvalue weighted by atomic mass is 16.5. The predicted molar refractivity (Wildman–Crippen MR) is 91.8 cm³/mol. The van der Waals surface area contributed by atoms with Gasteiger partial charge in [0.2, 0.25) is 5.75 Å². The molecule has 0 aliphatic rings. The first-order valence-corrected chi connectivity index (χ1v) is 8.44. The zero-order valence-electron chi connectivity index (χ0n) is 14.9. The van der Waals surface area contributed by atoms with E-state index in [1.54, 1.807) is 12.1 Å². The number of rotatable bonds is 10. The quantitative estimate of drug-likeness (QED) is 0.711. The maximum absolute atomic E-state index is 12.4. The van der Waals surface area contributed by atoms with Gasteiger partial charge in [-0.1, -0.05) is 13.3 Å². The summed E-state index contributed by atoms with van der Waals surface area (Å²) >= 11 is 0. The number of benzene rings is 1. The topological polar surface area (TPSA) is 56.8 Å². The van der Waals surface area contributed by atoms with Gasteiger partial charge in [0.25, 0.3) is 5.91 Å². The van der Waals surface area contributed by atoms with Crippen molar-refractivity contribution in [3.05, 3.63) is 17.7 Å². The molecule has 0 aliphatic carbocycles. The fraction of sp³-hybridized carbons (Fsp3) is 0.611. The molecular weight excluding hydrogens is 294 g/mol. The molecule has 0 unspecified atom stereocenters. The van der Waals surface area contributed by atoms with Gasteiger partial charge in [-0.05, 0) is 46.2 Å². The molecule has 5 heteroatoms. The van der Waals surface area contributed by atoms with Crippen LogP contribution in [0.2, 0.25) is 0 Å². The zero-order chi connectivity index (χ0) is 17.2. The van der Waals surface area contributed by atoms with Crippen molar-refractivity contribution in [2.45, 2.75) is 53.5 Å².